The Morgan fingerprint density at radius 3 is 2.76 bits per heavy atom. The third-order valence-electron chi connectivity index (χ3n) is 3.17. The molecule has 1 saturated carbocycles. The van der Waals surface area contributed by atoms with Crippen molar-refractivity contribution in [3.63, 3.8) is 0 Å². The van der Waals surface area contributed by atoms with Gasteiger partial charge in [-0.05, 0) is 24.8 Å². The van der Waals surface area contributed by atoms with Crippen LogP contribution in [0.4, 0.5) is 0 Å². The molecule has 0 aliphatic heterocycles. The predicted molar refractivity (Wildman–Crippen MR) is 65.4 cm³/mol. The number of hydrogen-bond acceptors (Lipinski definition) is 3. The number of aromatic nitrogens is 3. The van der Waals surface area contributed by atoms with Crippen LogP contribution in [-0.4, -0.2) is 14.8 Å². The lowest BCUT2D eigenvalue weighted by atomic mass is 10.1. The summed E-state index contributed by atoms with van der Waals surface area (Å²) in [4.78, 5) is 0. The van der Waals surface area contributed by atoms with Crippen LogP contribution in [0.25, 0.3) is 0 Å². The molecule has 0 spiro atoms. The lowest BCUT2D eigenvalue weighted by Gasteiger charge is -2.12. The molecule has 1 fully saturated rings. The fraction of sp³-hybridized carbons (Fsp3) is 0.385. The minimum absolute atomic E-state index is 0.0690. The van der Waals surface area contributed by atoms with Crippen molar-refractivity contribution in [2.24, 2.45) is 5.73 Å². The molecule has 17 heavy (non-hydrogen) atoms. The summed E-state index contributed by atoms with van der Waals surface area (Å²) in [6.07, 6.45) is 5.07. The molecule has 3 rings (SSSR count). The lowest BCUT2D eigenvalue weighted by molar-refractivity contribution is 0.591. The SMILES string of the molecule is N[C@@H](Cc1ccccc1)c1nncn1C1CC1. The maximum absolute atomic E-state index is 6.21. The van der Waals surface area contributed by atoms with Crippen LogP contribution >= 0.6 is 0 Å². The van der Waals surface area contributed by atoms with Gasteiger partial charge in [0.1, 0.15) is 12.2 Å². The van der Waals surface area contributed by atoms with E-state index in [2.05, 4.69) is 26.9 Å². The third kappa shape index (κ3) is 2.22. The van der Waals surface area contributed by atoms with Crippen molar-refractivity contribution in [1.82, 2.24) is 14.8 Å². The first-order chi connectivity index (χ1) is 8.34. The van der Waals surface area contributed by atoms with Gasteiger partial charge in [-0.3, -0.25) is 0 Å². The quantitative estimate of drug-likeness (QED) is 0.869. The summed E-state index contributed by atoms with van der Waals surface area (Å²) < 4.78 is 2.13. The van der Waals surface area contributed by atoms with Gasteiger partial charge in [0.2, 0.25) is 0 Å². The zero-order valence-corrected chi connectivity index (χ0v) is 9.66. The summed E-state index contributed by atoms with van der Waals surface area (Å²) >= 11 is 0. The fourth-order valence-electron chi connectivity index (χ4n) is 2.11. The van der Waals surface area contributed by atoms with Crippen molar-refractivity contribution in [1.29, 1.82) is 0 Å². The summed E-state index contributed by atoms with van der Waals surface area (Å²) in [5.74, 6) is 0.913. The van der Waals surface area contributed by atoms with E-state index >= 15 is 0 Å². The Labute approximate surface area is 100 Å². The second kappa shape index (κ2) is 4.30. The molecule has 0 bridgehead atoms. The van der Waals surface area contributed by atoms with Crippen molar-refractivity contribution in [3.8, 4) is 0 Å². The van der Waals surface area contributed by atoms with Crippen LogP contribution < -0.4 is 5.73 Å². The molecular weight excluding hydrogens is 212 g/mol. The van der Waals surface area contributed by atoms with Crippen molar-refractivity contribution in [2.75, 3.05) is 0 Å². The van der Waals surface area contributed by atoms with Gasteiger partial charge in [0.05, 0.1) is 6.04 Å². The summed E-state index contributed by atoms with van der Waals surface area (Å²) in [6, 6.07) is 10.8. The van der Waals surface area contributed by atoms with Crippen LogP contribution in [-0.2, 0) is 6.42 Å². The maximum Gasteiger partial charge on any atom is 0.150 e. The second-order valence-electron chi connectivity index (χ2n) is 4.62. The van der Waals surface area contributed by atoms with E-state index in [1.165, 1.54) is 18.4 Å². The molecule has 1 aromatic carbocycles. The average molecular weight is 228 g/mol. The summed E-state index contributed by atoms with van der Waals surface area (Å²) in [6.45, 7) is 0. The van der Waals surface area contributed by atoms with Crippen LogP contribution in [0.1, 0.15) is 36.3 Å². The molecule has 4 nitrogen and oxygen atoms in total. The maximum atomic E-state index is 6.21. The molecule has 0 unspecified atom stereocenters. The number of nitrogens with two attached hydrogens (primary N) is 1. The highest BCUT2D eigenvalue weighted by atomic mass is 15.3. The minimum Gasteiger partial charge on any atom is -0.321 e. The lowest BCUT2D eigenvalue weighted by Crippen LogP contribution is -2.18. The van der Waals surface area contributed by atoms with E-state index in [1.54, 1.807) is 6.33 Å². The normalized spacial score (nSPS) is 17.0. The van der Waals surface area contributed by atoms with E-state index in [4.69, 9.17) is 5.73 Å². The molecular formula is C13H16N4. The largest absolute Gasteiger partial charge is 0.321 e. The van der Waals surface area contributed by atoms with Gasteiger partial charge in [-0.2, -0.15) is 0 Å². The molecule has 2 N–H and O–H groups in total. The number of hydrogen-bond donors (Lipinski definition) is 1. The van der Waals surface area contributed by atoms with Gasteiger partial charge in [0, 0.05) is 6.04 Å². The van der Waals surface area contributed by atoms with Crippen molar-refractivity contribution in [3.05, 3.63) is 48.0 Å². The van der Waals surface area contributed by atoms with Crippen LogP contribution in [0, 0.1) is 0 Å². The van der Waals surface area contributed by atoms with E-state index in [0.717, 1.165) is 12.2 Å². The average Bonchev–Trinajstić information content (AvgIpc) is 3.08. The number of rotatable bonds is 4. The Balaban J connectivity index is 1.77. The highest BCUT2D eigenvalue weighted by Crippen LogP contribution is 2.36. The first kappa shape index (κ1) is 10.5. The smallest absolute Gasteiger partial charge is 0.150 e. The van der Waals surface area contributed by atoms with E-state index in [0.29, 0.717) is 6.04 Å². The molecule has 4 heteroatoms. The summed E-state index contributed by atoms with van der Waals surface area (Å²) in [5, 5.41) is 8.14. The van der Waals surface area contributed by atoms with E-state index in [9.17, 15) is 0 Å². The Bertz CT molecular complexity index is 487. The van der Waals surface area contributed by atoms with E-state index < -0.39 is 0 Å². The predicted octanol–water partition coefficient (Wildman–Crippen LogP) is 1.86. The van der Waals surface area contributed by atoms with Crippen LogP contribution in [0.5, 0.6) is 0 Å². The topological polar surface area (TPSA) is 56.7 Å². The molecule has 0 saturated heterocycles. The Hall–Kier alpha value is -1.68. The van der Waals surface area contributed by atoms with Gasteiger partial charge >= 0.3 is 0 Å². The first-order valence-corrected chi connectivity index (χ1v) is 6.03. The summed E-state index contributed by atoms with van der Waals surface area (Å²) in [5.41, 5.74) is 7.46. The monoisotopic (exact) mass is 228 g/mol. The fourth-order valence-corrected chi connectivity index (χ4v) is 2.11. The van der Waals surface area contributed by atoms with Gasteiger partial charge in [0.25, 0.3) is 0 Å². The van der Waals surface area contributed by atoms with Gasteiger partial charge in [-0.15, -0.1) is 10.2 Å². The highest BCUT2D eigenvalue weighted by Gasteiger charge is 2.27. The summed E-state index contributed by atoms with van der Waals surface area (Å²) in [7, 11) is 0. The van der Waals surface area contributed by atoms with Gasteiger partial charge < -0.3 is 10.3 Å². The van der Waals surface area contributed by atoms with Gasteiger partial charge in [-0.1, -0.05) is 30.3 Å². The van der Waals surface area contributed by atoms with Crippen molar-refractivity contribution < 1.29 is 0 Å². The molecule has 0 amide bonds. The number of nitrogens with zero attached hydrogens (tertiary/aromatic N) is 3. The Kier molecular flexibility index (Phi) is 2.65. The Morgan fingerprint density at radius 2 is 2.06 bits per heavy atom. The molecule has 88 valence electrons. The third-order valence-corrected chi connectivity index (χ3v) is 3.17. The molecule has 1 aliphatic carbocycles. The molecule has 1 heterocycles. The Morgan fingerprint density at radius 1 is 1.29 bits per heavy atom. The minimum atomic E-state index is -0.0690. The second-order valence-corrected chi connectivity index (χ2v) is 4.62. The van der Waals surface area contributed by atoms with Crippen molar-refractivity contribution in [2.45, 2.75) is 31.3 Å². The van der Waals surface area contributed by atoms with Crippen LogP contribution in [0.15, 0.2) is 36.7 Å². The molecule has 1 aromatic heterocycles. The first-order valence-electron chi connectivity index (χ1n) is 6.03. The zero-order chi connectivity index (χ0) is 11.7. The molecule has 0 radical (unpaired) electrons. The van der Waals surface area contributed by atoms with Gasteiger partial charge in [-0.25, -0.2) is 0 Å². The molecule has 2 aromatic rings. The van der Waals surface area contributed by atoms with Crippen molar-refractivity contribution >= 4 is 0 Å². The van der Waals surface area contributed by atoms with Crippen LogP contribution in [0.2, 0.25) is 0 Å². The standard InChI is InChI=1S/C13H16N4/c14-12(8-10-4-2-1-3-5-10)13-16-15-9-17(13)11-6-7-11/h1-5,9,11-12H,6-8,14H2/t12-/m0/s1. The number of benzene rings is 1. The van der Waals surface area contributed by atoms with E-state index in [-0.39, 0.29) is 6.04 Å². The van der Waals surface area contributed by atoms with Crippen LogP contribution in [0.3, 0.4) is 0 Å². The van der Waals surface area contributed by atoms with Gasteiger partial charge in [0.15, 0.2) is 0 Å². The molecule has 1 aliphatic rings. The zero-order valence-electron chi connectivity index (χ0n) is 9.66. The molecule has 1 atom stereocenters. The highest BCUT2D eigenvalue weighted by molar-refractivity contribution is 5.17. The van der Waals surface area contributed by atoms with E-state index in [1.807, 2.05) is 18.2 Å².